The number of hydrogen-bond donors (Lipinski definition) is 2. The molecule has 2 N–H and O–H groups in total. The molecule has 0 saturated heterocycles. The van der Waals surface area contributed by atoms with Crippen LogP contribution < -0.4 is 10.0 Å². The van der Waals surface area contributed by atoms with E-state index in [1.54, 1.807) is 6.07 Å². The van der Waals surface area contributed by atoms with Gasteiger partial charge in [0.25, 0.3) is 0 Å². The fourth-order valence-corrected chi connectivity index (χ4v) is 4.72. The van der Waals surface area contributed by atoms with Crippen molar-refractivity contribution in [3.05, 3.63) is 17.0 Å². The van der Waals surface area contributed by atoms with Gasteiger partial charge in [0.05, 0.1) is 0 Å². The maximum Gasteiger partial charge on any atom is 0.250 e. The second-order valence-corrected chi connectivity index (χ2v) is 8.80. The summed E-state index contributed by atoms with van der Waals surface area (Å²) in [5.74, 6) is 0. The largest absolute Gasteiger partial charge is 0.317 e. The molecule has 0 aliphatic heterocycles. The summed E-state index contributed by atoms with van der Waals surface area (Å²) in [5, 5.41) is 3.24. The van der Waals surface area contributed by atoms with Gasteiger partial charge in [0.15, 0.2) is 0 Å². The molecule has 19 heavy (non-hydrogen) atoms. The molecule has 1 atom stereocenters. The lowest BCUT2D eigenvalue weighted by molar-refractivity contribution is 0.556. The molecule has 1 unspecified atom stereocenters. The topological polar surface area (TPSA) is 58.2 Å². The monoisotopic (exact) mass is 302 g/mol. The summed E-state index contributed by atoms with van der Waals surface area (Å²) in [4.78, 5) is 1.11. The number of likely N-dealkylation sites (N-methyl/N-ethyl adjacent to an activating group) is 1. The summed E-state index contributed by atoms with van der Waals surface area (Å²) in [7, 11) is -3.33. The predicted molar refractivity (Wildman–Crippen MR) is 79.1 cm³/mol. The van der Waals surface area contributed by atoms with Crippen LogP contribution in [0.15, 0.2) is 16.3 Å². The second-order valence-electron chi connectivity index (χ2n) is 5.69. The van der Waals surface area contributed by atoms with Crippen molar-refractivity contribution in [2.45, 2.75) is 43.9 Å². The summed E-state index contributed by atoms with van der Waals surface area (Å²) in [5.41, 5.74) is 0.109. The van der Waals surface area contributed by atoms with Crippen molar-refractivity contribution in [2.75, 3.05) is 13.1 Å². The van der Waals surface area contributed by atoms with Crippen LogP contribution in [0.25, 0.3) is 0 Å². The van der Waals surface area contributed by atoms with Crippen molar-refractivity contribution >= 4 is 21.4 Å². The minimum absolute atomic E-state index is 0.0878. The third kappa shape index (κ3) is 3.78. The Balaban J connectivity index is 1.97. The molecule has 6 heteroatoms. The summed E-state index contributed by atoms with van der Waals surface area (Å²) >= 11 is 1.37. The Morgan fingerprint density at radius 2 is 2.11 bits per heavy atom. The zero-order chi connectivity index (χ0) is 14.1. The van der Waals surface area contributed by atoms with E-state index < -0.39 is 10.0 Å². The molecule has 1 aliphatic rings. The molecule has 0 spiro atoms. The van der Waals surface area contributed by atoms with Gasteiger partial charge in [-0.3, -0.25) is 0 Å². The average molecular weight is 302 g/mol. The van der Waals surface area contributed by atoms with Crippen molar-refractivity contribution in [3.8, 4) is 0 Å². The Morgan fingerprint density at radius 1 is 1.42 bits per heavy atom. The van der Waals surface area contributed by atoms with Crippen molar-refractivity contribution in [3.63, 3.8) is 0 Å². The molecular weight excluding hydrogens is 280 g/mol. The van der Waals surface area contributed by atoms with Gasteiger partial charge < -0.3 is 5.32 Å². The van der Waals surface area contributed by atoms with Gasteiger partial charge in [0.2, 0.25) is 10.0 Å². The predicted octanol–water partition coefficient (Wildman–Crippen LogP) is 1.98. The highest BCUT2D eigenvalue weighted by molar-refractivity contribution is 7.91. The molecule has 1 aromatic rings. The molecule has 1 aromatic heterocycles. The fourth-order valence-electron chi connectivity index (χ4n) is 1.94. The minimum atomic E-state index is -3.33. The van der Waals surface area contributed by atoms with Gasteiger partial charge >= 0.3 is 0 Å². The second kappa shape index (κ2) is 5.52. The molecule has 1 saturated carbocycles. The Morgan fingerprint density at radius 3 is 2.68 bits per heavy atom. The first kappa shape index (κ1) is 15.0. The van der Waals surface area contributed by atoms with E-state index in [0.29, 0.717) is 4.21 Å². The lowest BCUT2D eigenvalue weighted by atomic mass is 10.2. The lowest BCUT2D eigenvalue weighted by Crippen LogP contribution is -2.27. The Hall–Kier alpha value is -0.430. The molecule has 0 bridgehead atoms. The first-order valence-corrected chi connectivity index (χ1v) is 8.97. The molecule has 0 aromatic carbocycles. The number of thiophene rings is 1. The fraction of sp³-hybridized carbons (Fsp3) is 0.692. The lowest BCUT2D eigenvalue weighted by Gasteiger charge is -2.06. The van der Waals surface area contributed by atoms with E-state index >= 15 is 0 Å². The Bertz CT molecular complexity index is 535. The Labute approximate surface area is 119 Å². The standard InChI is InChI=1S/C13H22N2O2S2/c1-4-14-8-7-10-5-6-12(18-10)19(16,17)15-11-9-13(11,2)3/h5-6,11,14-15H,4,7-9H2,1-3H3. The molecule has 1 fully saturated rings. The van der Waals surface area contributed by atoms with E-state index in [1.165, 1.54) is 11.3 Å². The van der Waals surface area contributed by atoms with Gasteiger partial charge in [-0.05, 0) is 43.5 Å². The number of rotatable bonds is 7. The maximum absolute atomic E-state index is 12.2. The van der Waals surface area contributed by atoms with Crippen LogP contribution in [0.1, 0.15) is 32.1 Å². The van der Waals surface area contributed by atoms with E-state index in [2.05, 4.69) is 30.8 Å². The van der Waals surface area contributed by atoms with Crippen LogP contribution in [0.2, 0.25) is 0 Å². The third-order valence-electron chi connectivity index (χ3n) is 3.51. The van der Waals surface area contributed by atoms with Crippen LogP contribution in [-0.4, -0.2) is 27.5 Å². The SMILES string of the molecule is CCNCCc1ccc(S(=O)(=O)NC2CC2(C)C)s1. The molecule has 108 valence electrons. The van der Waals surface area contributed by atoms with E-state index in [0.717, 1.165) is 30.8 Å². The number of hydrogen-bond acceptors (Lipinski definition) is 4. The summed E-state index contributed by atoms with van der Waals surface area (Å²) < 4.78 is 27.6. The van der Waals surface area contributed by atoms with E-state index in [1.807, 2.05) is 6.07 Å². The van der Waals surface area contributed by atoms with E-state index in [9.17, 15) is 8.42 Å². The van der Waals surface area contributed by atoms with Crippen LogP contribution in [0.4, 0.5) is 0 Å². The maximum atomic E-state index is 12.2. The van der Waals surface area contributed by atoms with Crippen molar-refractivity contribution in [1.29, 1.82) is 0 Å². The van der Waals surface area contributed by atoms with Crippen molar-refractivity contribution in [2.24, 2.45) is 5.41 Å². The first-order chi connectivity index (χ1) is 8.85. The quantitative estimate of drug-likeness (QED) is 0.757. The van der Waals surface area contributed by atoms with Gasteiger partial charge in [0.1, 0.15) is 4.21 Å². The molecule has 4 nitrogen and oxygen atoms in total. The Kier molecular flexibility index (Phi) is 4.35. The first-order valence-electron chi connectivity index (χ1n) is 6.67. The molecule has 0 radical (unpaired) electrons. The summed E-state index contributed by atoms with van der Waals surface area (Å²) in [6, 6.07) is 3.71. The van der Waals surface area contributed by atoms with Crippen LogP contribution in [0, 0.1) is 5.41 Å². The minimum Gasteiger partial charge on any atom is -0.317 e. The van der Waals surface area contributed by atoms with Gasteiger partial charge in [-0.15, -0.1) is 11.3 Å². The van der Waals surface area contributed by atoms with Crippen LogP contribution in [0.3, 0.4) is 0 Å². The molecular formula is C13H22N2O2S2. The third-order valence-corrected chi connectivity index (χ3v) is 6.62. The van der Waals surface area contributed by atoms with Crippen molar-refractivity contribution < 1.29 is 8.42 Å². The summed E-state index contributed by atoms with van der Waals surface area (Å²) in [6.07, 6.45) is 1.80. The number of nitrogens with one attached hydrogen (secondary N) is 2. The zero-order valence-corrected chi connectivity index (χ0v) is 13.3. The molecule has 0 amide bonds. The van der Waals surface area contributed by atoms with Gasteiger partial charge in [0, 0.05) is 10.9 Å². The zero-order valence-electron chi connectivity index (χ0n) is 11.7. The van der Waals surface area contributed by atoms with Crippen molar-refractivity contribution in [1.82, 2.24) is 10.0 Å². The van der Waals surface area contributed by atoms with Crippen LogP contribution >= 0.6 is 11.3 Å². The average Bonchev–Trinajstić information content (AvgIpc) is 2.77. The van der Waals surface area contributed by atoms with Gasteiger partial charge in [-0.1, -0.05) is 20.8 Å². The normalized spacial score (nSPS) is 21.5. The summed E-state index contributed by atoms with van der Waals surface area (Å²) in [6.45, 7) is 8.05. The van der Waals surface area contributed by atoms with Crippen LogP contribution in [-0.2, 0) is 16.4 Å². The highest BCUT2D eigenvalue weighted by Gasteiger charge is 2.48. The van der Waals surface area contributed by atoms with Gasteiger partial charge in [-0.2, -0.15) is 0 Å². The number of sulfonamides is 1. The van der Waals surface area contributed by atoms with Crippen LogP contribution in [0.5, 0.6) is 0 Å². The molecule has 2 rings (SSSR count). The van der Waals surface area contributed by atoms with E-state index in [-0.39, 0.29) is 11.5 Å². The van der Waals surface area contributed by atoms with Gasteiger partial charge in [-0.25, -0.2) is 13.1 Å². The highest BCUT2D eigenvalue weighted by Crippen LogP contribution is 2.45. The van der Waals surface area contributed by atoms with E-state index in [4.69, 9.17) is 0 Å². The highest BCUT2D eigenvalue weighted by atomic mass is 32.2. The smallest absolute Gasteiger partial charge is 0.250 e. The molecule has 1 aliphatic carbocycles. The molecule has 1 heterocycles.